The van der Waals surface area contributed by atoms with Gasteiger partial charge in [0.05, 0.1) is 5.92 Å². The van der Waals surface area contributed by atoms with Gasteiger partial charge in [-0.2, -0.15) is 0 Å². The van der Waals surface area contributed by atoms with E-state index in [9.17, 15) is 9.59 Å². The number of hydrogen-bond donors (Lipinski definition) is 1. The van der Waals surface area contributed by atoms with E-state index in [1.54, 1.807) is 30.0 Å². The minimum absolute atomic E-state index is 0.0107. The van der Waals surface area contributed by atoms with E-state index in [0.717, 1.165) is 5.56 Å². The van der Waals surface area contributed by atoms with Crippen molar-refractivity contribution >= 4 is 28.6 Å². The number of hydrogen-bond acceptors (Lipinski definition) is 4. The van der Waals surface area contributed by atoms with Crippen molar-refractivity contribution in [2.75, 3.05) is 11.9 Å². The molecule has 2 heterocycles. The molecule has 2 aromatic carbocycles. The van der Waals surface area contributed by atoms with Crippen molar-refractivity contribution in [2.24, 2.45) is 5.92 Å². The average molecular weight is 349 g/mol. The van der Waals surface area contributed by atoms with E-state index in [4.69, 9.17) is 4.42 Å². The molecule has 1 atom stereocenters. The maximum Gasteiger partial charge on any atom is 0.229 e. The van der Waals surface area contributed by atoms with Crippen LogP contribution in [0, 0.1) is 12.8 Å². The number of anilines is 1. The Hall–Kier alpha value is -3.15. The number of oxazole rings is 1. The van der Waals surface area contributed by atoms with Gasteiger partial charge in [0.2, 0.25) is 11.8 Å². The molecule has 6 nitrogen and oxygen atoms in total. The number of benzene rings is 2. The summed E-state index contributed by atoms with van der Waals surface area (Å²) in [5.41, 5.74) is 3.11. The zero-order chi connectivity index (χ0) is 18.1. The van der Waals surface area contributed by atoms with Gasteiger partial charge in [-0.3, -0.25) is 9.59 Å². The third-order valence-electron chi connectivity index (χ3n) is 4.56. The van der Waals surface area contributed by atoms with Crippen LogP contribution in [0.1, 0.15) is 17.9 Å². The number of amides is 2. The standard InChI is InChI=1S/C20H19N3O3/c1-13-21-17-10-16(7-8-18(17)26-13)22-20(25)15-9-19(24)23(12-15)11-14-5-3-2-4-6-14/h2-8,10,15H,9,11-12H2,1H3,(H,22,25)/t15-/m1/s1. The second kappa shape index (κ2) is 6.63. The second-order valence-corrected chi connectivity index (χ2v) is 6.57. The fourth-order valence-corrected chi connectivity index (χ4v) is 3.27. The lowest BCUT2D eigenvalue weighted by Crippen LogP contribution is -2.28. The molecule has 1 aromatic heterocycles. The van der Waals surface area contributed by atoms with Gasteiger partial charge in [-0.25, -0.2) is 4.98 Å². The molecule has 4 rings (SSSR count). The smallest absolute Gasteiger partial charge is 0.229 e. The number of carbonyl (C=O) groups is 2. The lowest BCUT2D eigenvalue weighted by atomic mass is 10.1. The van der Waals surface area contributed by atoms with Crippen LogP contribution in [0.25, 0.3) is 11.1 Å². The summed E-state index contributed by atoms with van der Waals surface area (Å²) in [6.45, 7) is 2.75. The Morgan fingerprint density at radius 1 is 1.27 bits per heavy atom. The largest absolute Gasteiger partial charge is 0.441 e. The highest BCUT2D eigenvalue weighted by molar-refractivity contribution is 5.98. The number of rotatable bonds is 4. The average Bonchev–Trinajstić information content (AvgIpc) is 3.17. The molecule has 0 aliphatic carbocycles. The maximum absolute atomic E-state index is 12.6. The Balaban J connectivity index is 1.42. The van der Waals surface area contributed by atoms with E-state index >= 15 is 0 Å². The molecule has 1 aliphatic heterocycles. The third kappa shape index (κ3) is 3.31. The Morgan fingerprint density at radius 2 is 2.08 bits per heavy atom. The summed E-state index contributed by atoms with van der Waals surface area (Å²) in [5, 5.41) is 2.89. The van der Waals surface area contributed by atoms with E-state index in [2.05, 4.69) is 10.3 Å². The van der Waals surface area contributed by atoms with Gasteiger partial charge in [0.25, 0.3) is 0 Å². The van der Waals surface area contributed by atoms with E-state index in [1.807, 2.05) is 30.3 Å². The van der Waals surface area contributed by atoms with Crippen LogP contribution in [-0.2, 0) is 16.1 Å². The molecule has 1 fully saturated rings. The molecule has 1 N–H and O–H groups in total. The lowest BCUT2D eigenvalue weighted by molar-refractivity contribution is -0.128. The van der Waals surface area contributed by atoms with Crippen molar-refractivity contribution in [3.8, 4) is 0 Å². The van der Waals surface area contributed by atoms with Gasteiger partial charge in [-0.05, 0) is 23.8 Å². The van der Waals surface area contributed by atoms with E-state index in [-0.39, 0.29) is 24.2 Å². The van der Waals surface area contributed by atoms with Crippen LogP contribution in [0.5, 0.6) is 0 Å². The zero-order valence-corrected chi connectivity index (χ0v) is 14.4. The monoisotopic (exact) mass is 349 g/mol. The summed E-state index contributed by atoms with van der Waals surface area (Å²) < 4.78 is 5.44. The van der Waals surface area contributed by atoms with Crippen molar-refractivity contribution in [1.29, 1.82) is 0 Å². The highest BCUT2D eigenvalue weighted by Gasteiger charge is 2.34. The summed E-state index contributed by atoms with van der Waals surface area (Å²) in [7, 11) is 0. The number of nitrogens with zero attached hydrogens (tertiary/aromatic N) is 2. The summed E-state index contributed by atoms with van der Waals surface area (Å²) in [4.78, 5) is 30.8. The molecule has 2 amide bonds. The first-order valence-electron chi connectivity index (χ1n) is 8.58. The zero-order valence-electron chi connectivity index (χ0n) is 14.4. The molecule has 0 bridgehead atoms. The molecule has 0 spiro atoms. The molecule has 3 aromatic rings. The van der Waals surface area contributed by atoms with Gasteiger partial charge in [0.1, 0.15) is 5.52 Å². The van der Waals surface area contributed by atoms with E-state index in [1.165, 1.54) is 0 Å². The van der Waals surface area contributed by atoms with E-state index in [0.29, 0.717) is 35.8 Å². The molecule has 0 unspecified atom stereocenters. The van der Waals surface area contributed by atoms with Crippen LogP contribution in [0.15, 0.2) is 52.9 Å². The molecule has 0 saturated carbocycles. The Morgan fingerprint density at radius 3 is 2.88 bits per heavy atom. The molecular weight excluding hydrogens is 330 g/mol. The number of aromatic nitrogens is 1. The summed E-state index contributed by atoms with van der Waals surface area (Å²) >= 11 is 0. The fourth-order valence-electron chi connectivity index (χ4n) is 3.27. The van der Waals surface area contributed by atoms with E-state index < -0.39 is 0 Å². The van der Waals surface area contributed by atoms with Crippen LogP contribution in [0.4, 0.5) is 5.69 Å². The first kappa shape index (κ1) is 16.3. The fraction of sp³-hybridized carbons (Fsp3) is 0.250. The Bertz CT molecular complexity index is 965. The van der Waals surface area contributed by atoms with Gasteiger partial charge in [-0.15, -0.1) is 0 Å². The summed E-state index contributed by atoms with van der Waals surface area (Å²) in [5.74, 6) is 0.104. The summed E-state index contributed by atoms with van der Waals surface area (Å²) in [6.07, 6.45) is 0.240. The van der Waals surface area contributed by atoms with Crippen molar-refractivity contribution in [1.82, 2.24) is 9.88 Å². The molecule has 1 saturated heterocycles. The molecule has 1 aliphatic rings. The van der Waals surface area contributed by atoms with Crippen molar-refractivity contribution in [2.45, 2.75) is 19.9 Å². The number of aryl methyl sites for hydroxylation is 1. The third-order valence-corrected chi connectivity index (χ3v) is 4.56. The Labute approximate surface area is 150 Å². The number of likely N-dealkylation sites (tertiary alicyclic amines) is 1. The van der Waals surface area contributed by atoms with Gasteiger partial charge >= 0.3 is 0 Å². The summed E-state index contributed by atoms with van der Waals surface area (Å²) in [6, 6.07) is 15.1. The van der Waals surface area contributed by atoms with Crippen LogP contribution >= 0.6 is 0 Å². The van der Waals surface area contributed by atoms with Crippen LogP contribution in [0.3, 0.4) is 0 Å². The molecule has 132 valence electrons. The van der Waals surface area contributed by atoms with Crippen LogP contribution < -0.4 is 5.32 Å². The van der Waals surface area contributed by atoms with Crippen LogP contribution in [-0.4, -0.2) is 28.2 Å². The highest BCUT2D eigenvalue weighted by atomic mass is 16.3. The SMILES string of the molecule is Cc1nc2cc(NC(=O)[C@@H]3CC(=O)N(Cc4ccccc4)C3)ccc2o1. The molecule has 6 heteroatoms. The van der Waals surface area contributed by atoms with Gasteiger partial charge < -0.3 is 14.6 Å². The maximum atomic E-state index is 12.6. The molecular formula is C20H19N3O3. The topological polar surface area (TPSA) is 75.4 Å². The lowest BCUT2D eigenvalue weighted by Gasteiger charge is -2.16. The van der Waals surface area contributed by atoms with Crippen molar-refractivity contribution < 1.29 is 14.0 Å². The minimum atomic E-state index is -0.346. The van der Waals surface area contributed by atoms with Crippen LogP contribution in [0.2, 0.25) is 0 Å². The van der Waals surface area contributed by atoms with Crippen molar-refractivity contribution in [3.63, 3.8) is 0 Å². The highest BCUT2D eigenvalue weighted by Crippen LogP contribution is 2.24. The normalized spacial score (nSPS) is 17.0. The van der Waals surface area contributed by atoms with Gasteiger partial charge in [0, 0.05) is 32.1 Å². The minimum Gasteiger partial charge on any atom is -0.441 e. The van der Waals surface area contributed by atoms with Crippen molar-refractivity contribution in [3.05, 3.63) is 60.0 Å². The number of carbonyl (C=O) groups excluding carboxylic acids is 2. The number of fused-ring (bicyclic) bond motifs is 1. The van der Waals surface area contributed by atoms with Gasteiger partial charge in [-0.1, -0.05) is 30.3 Å². The van der Waals surface area contributed by atoms with Gasteiger partial charge in [0.15, 0.2) is 11.5 Å². The first-order chi connectivity index (χ1) is 12.6. The quantitative estimate of drug-likeness (QED) is 0.785. The first-order valence-corrected chi connectivity index (χ1v) is 8.58. The predicted octanol–water partition coefficient (Wildman–Crippen LogP) is 3.12. The molecule has 0 radical (unpaired) electrons. The number of nitrogens with one attached hydrogen (secondary N) is 1. The predicted molar refractivity (Wildman–Crippen MR) is 97.3 cm³/mol. The second-order valence-electron chi connectivity index (χ2n) is 6.57. The molecule has 26 heavy (non-hydrogen) atoms. The Kier molecular flexibility index (Phi) is 4.16.